The highest BCUT2D eigenvalue weighted by atomic mass is 16.5. The molecule has 0 fully saturated rings. The minimum absolute atomic E-state index is 0.157. The van der Waals surface area contributed by atoms with E-state index in [1.807, 2.05) is 12.1 Å². The number of nitrogens with one attached hydrogen (secondary N) is 2. The molecular weight excluding hydrogens is 376 g/mol. The summed E-state index contributed by atoms with van der Waals surface area (Å²) >= 11 is 0. The molecule has 0 saturated heterocycles. The lowest BCUT2D eigenvalue weighted by Gasteiger charge is -2.23. The Balaban J connectivity index is 1.65. The van der Waals surface area contributed by atoms with Crippen molar-refractivity contribution < 1.29 is 28.5 Å². The maximum Gasteiger partial charge on any atom is 0.265 e. The second-order valence-corrected chi connectivity index (χ2v) is 6.54. The number of amides is 2. The Kier molecular flexibility index (Phi) is 6.11. The number of hydrogen-bond donors (Lipinski definition) is 2. The van der Waals surface area contributed by atoms with Gasteiger partial charge in [-0.3, -0.25) is 9.59 Å². The number of anilines is 2. The first-order chi connectivity index (χ1) is 13.9. The summed E-state index contributed by atoms with van der Waals surface area (Å²) in [5.41, 5.74) is 2.00. The standard InChI is InChI=1S/C21H24N2O6/c1-12-21(25)23-15-11-14(6-7-16(15)29-12)22-19(24)8-5-13-9-17(26-2)20(28-4)18(10-13)27-3/h6-7,9-12H,5,8H2,1-4H3,(H,22,24)(H,23,25)/t12-/m0/s1. The van der Waals surface area contributed by atoms with Crippen LogP contribution in [0, 0.1) is 0 Å². The summed E-state index contributed by atoms with van der Waals surface area (Å²) in [6.07, 6.45) is 0.210. The fourth-order valence-corrected chi connectivity index (χ4v) is 3.05. The smallest absolute Gasteiger partial charge is 0.265 e. The molecule has 2 N–H and O–H groups in total. The van der Waals surface area contributed by atoms with Gasteiger partial charge in [0.1, 0.15) is 5.75 Å². The summed E-state index contributed by atoms with van der Waals surface area (Å²) in [7, 11) is 4.64. The molecule has 0 aromatic heterocycles. The van der Waals surface area contributed by atoms with Crippen LogP contribution in [-0.4, -0.2) is 39.2 Å². The summed E-state index contributed by atoms with van der Waals surface area (Å²) in [6, 6.07) is 8.78. The molecule has 2 amide bonds. The van der Waals surface area contributed by atoms with Crippen molar-refractivity contribution in [2.24, 2.45) is 0 Å². The van der Waals surface area contributed by atoms with Crippen LogP contribution in [0.5, 0.6) is 23.0 Å². The summed E-state index contributed by atoms with van der Waals surface area (Å²) in [5, 5.41) is 5.60. The van der Waals surface area contributed by atoms with Crippen LogP contribution in [0.3, 0.4) is 0 Å². The van der Waals surface area contributed by atoms with Crippen LogP contribution in [0.25, 0.3) is 0 Å². The van der Waals surface area contributed by atoms with E-state index in [9.17, 15) is 9.59 Å². The molecule has 0 bridgehead atoms. The first-order valence-electron chi connectivity index (χ1n) is 9.15. The van der Waals surface area contributed by atoms with Crippen molar-refractivity contribution in [3.05, 3.63) is 35.9 Å². The number of carbonyl (C=O) groups is 2. The third-order valence-electron chi connectivity index (χ3n) is 4.56. The van der Waals surface area contributed by atoms with Gasteiger partial charge in [0, 0.05) is 12.1 Å². The lowest BCUT2D eigenvalue weighted by molar-refractivity contribution is -0.122. The van der Waals surface area contributed by atoms with Gasteiger partial charge in [-0.25, -0.2) is 0 Å². The number of hydrogen-bond acceptors (Lipinski definition) is 6. The van der Waals surface area contributed by atoms with E-state index in [1.165, 1.54) is 0 Å². The normalized spacial score (nSPS) is 14.9. The number of fused-ring (bicyclic) bond motifs is 1. The average molecular weight is 400 g/mol. The molecule has 1 aliphatic rings. The molecule has 3 rings (SSSR count). The molecule has 29 heavy (non-hydrogen) atoms. The van der Waals surface area contributed by atoms with Crippen LogP contribution < -0.4 is 29.6 Å². The van der Waals surface area contributed by atoms with Crippen molar-refractivity contribution in [1.29, 1.82) is 0 Å². The van der Waals surface area contributed by atoms with E-state index < -0.39 is 6.10 Å². The van der Waals surface area contributed by atoms with Gasteiger partial charge in [0.15, 0.2) is 17.6 Å². The molecule has 0 spiro atoms. The largest absolute Gasteiger partial charge is 0.493 e. The number of ether oxygens (including phenoxy) is 4. The molecule has 1 aliphatic heterocycles. The zero-order chi connectivity index (χ0) is 21.0. The zero-order valence-electron chi connectivity index (χ0n) is 16.8. The van der Waals surface area contributed by atoms with Crippen LogP contribution >= 0.6 is 0 Å². The van der Waals surface area contributed by atoms with Crippen LogP contribution in [0.2, 0.25) is 0 Å². The van der Waals surface area contributed by atoms with Crippen LogP contribution in [0.1, 0.15) is 18.9 Å². The van der Waals surface area contributed by atoms with E-state index in [4.69, 9.17) is 18.9 Å². The van der Waals surface area contributed by atoms with Gasteiger partial charge >= 0.3 is 0 Å². The van der Waals surface area contributed by atoms with Gasteiger partial charge < -0.3 is 29.6 Å². The molecule has 0 saturated carbocycles. The topological polar surface area (TPSA) is 95.1 Å². The van der Waals surface area contributed by atoms with Crippen molar-refractivity contribution in [3.8, 4) is 23.0 Å². The van der Waals surface area contributed by atoms with Crippen LogP contribution in [0.15, 0.2) is 30.3 Å². The van der Waals surface area contributed by atoms with Crippen molar-refractivity contribution in [2.45, 2.75) is 25.9 Å². The fraction of sp³-hybridized carbons (Fsp3) is 0.333. The maximum absolute atomic E-state index is 12.4. The third kappa shape index (κ3) is 4.53. The van der Waals surface area contributed by atoms with E-state index in [-0.39, 0.29) is 18.2 Å². The monoisotopic (exact) mass is 400 g/mol. The summed E-state index contributed by atoms with van der Waals surface area (Å²) in [4.78, 5) is 24.1. The molecule has 0 radical (unpaired) electrons. The van der Waals surface area contributed by atoms with E-state index >= 15 is 0 Å². The Morgan fingerprint density at radius 2 is 1.79 bits per heavy atom. The minimum atomic E-state index is -0.540. The number of aryl methyl sites for hydroxylation is 1. The minimum Gasteiger partial charge on any atom is -0.493 e. The predicted octanol–water partition coefficient (Wildman–Crippen LogP) is 3.00. The molecule has 8 nitrogen and oxygen atoms in total. The van der Waals surface area contributed by atoms with Crippen LogP contribution in [-0.2, 0) is 16.0 Å². The third-order valence-corrected chi connectivity index (χ3v) is 4.56. The van der Waals surface area contributed by atoms with Gasteiger partial charge in [-0.2, -0.15) is 0 Å². The molecule has 2 aromatic rings. The highest BCUT2D eigenvalue weighted by Crippen LogP contribution is 2.38. The Bertz CT molecular complexity index is 902. The Morgan fingerprint density at radius 1 is 1.10 bits per heavy atom. The number of benzene rings is 2. The molecule has 2 aromatic carbocycles. The molecule has 0 aliphatic carbocycles. The van der Waals surface area contributed by atoms with Crippen molar-refractivity contribution in [3.63, 3.8) is 0 Å². The lowest BCUT2D eigenvalue weighted by atomic mass is 10.1. The number of carbonyl (C=O) groups excluding carboxylic acids is 2. The Hall–Kier alpha value is -3.42. The molecule has 1 heterocycles. The highest BCUT2D eigenvalue weighted by Gasteiger charge is 2.23. The van der Waals surface area contributed by atoms with E-state index in [0.29, 0.717) is 40.8 Å². The van der Waals surface area contributed by atoms with Gasteiger partial charge in [0.25, 0.3) is 5.91 Å². The summed E-state index contributed by atoms with van der Waals surface area (Å²) in [5.74, 6) is 1.80. The van der Waals surface area contributed by atoms with Gasteiger partial charge in [0.2, 0.25) is 11.7 Å². The van der Waals surface area contributed by atoms with Crippen molar-refractivity contribution >= 4 is 23.2 Å². The van der Waals surface area contributed by atoms with E-state index in [1.54, 1.807) is 46.5 Å². The molecule has 1 atom stereocenters. The SMILES string of the molecule is COc1cc(CCC(=O)Nc2ccc3c(c2)NC(=O)[C@H](C)O3)cc(OC)c1OC. The van der Waals surface area contributed by atoms with E-state index in [2.05, 4.69) is 10.6 Å². The fourth-order valence-electron chi connectivity index (χ4n) is 3.05. The molecule has 8 heteroatoms. The van der Waals surface area contributed by atoms with Gasteiger partial charge in [-0.15, -0.1) is 0 Å². The summed E-state index contributed by atoms with van der Waals surface area (Å²) < 4.78 is 21.5. The highest BCUT2D eigenvalue weighted by molar-refractivity contribution is 5.99. The quantitative estimate of drug-likeness (QED) is 0.742. The molecule has 0 unspecified atom stereocenters. The lowest BCUT2D eigenvalue weighted by Crippen LogP contribution is -2.34. The van der Waals surface area contributed by atoms with Crippen LogP contribution in [0.4, 0.5) is 11.4 Å². The first-order valence-corrected chi connectivity index (χ1v) is 9.15. The van der Waals surface area contributed by atoms with Crippen molar-refractivity contribution in [1.82, 2.24) is 0 Å². The van der Waals surface area contributed by atoms with Gasteiger partial charge in [-0.05, 0) is 49.2 Å². The number of methoxy groups -OCH3 is 3. The molecular formula is C21H24N2O6. The van der Waals surface area contributed by atoms with E-state index in [0.717, 1.165) is 5.56 Å². The zero-order valence-corrected chi connectivity index (χ0v) is 16.8. The first kappa shape index (κ1) is 20.3. The Morgan fingerprint density at radius 3 is 2.41 bits per heavy atom. The van der Waals surface area contributed by atoms with Gasteiger partial charge in [0.05, 0.1) is 27.0 Å². The second kappa shape index (κ2) is 8.72. The molecule has 154 valence electrons. The average Bonchev–Trinajstić information content (AvgIpc) is 2.72. The number of rotatable bonds is 7. The summed E-state index contributed by atoms with van der Waals surface area (Å²) in [6.45, 7) is 1.68. The predicted molar refractivity (Wildman–Crippen MR) is 108 cm³/mol. The second-order valence-electron chi connectivity index (χ2n) is 6.54. The van der Waals surface area contributed by atoms with Crippen molar-refractivity contribution in [2.75, 3.05) is 32.0 Å². The van der Waals surface area contributed by atoms with Gasteiger partial charge in [-0.1, -0.05) is 0 Å². The maximum atomic E-state index is 12.4. The Labute approximate surface area is 169 Å².